The average Bonchev–Trinajstić information content (AvgIpc) is 3.41. The van der Waals surface area contributed by atoms with Crippen LogP contribution in [0, 0.1) is 13.8 Å². The summed E-state index contributed by atoms with van der Waals surface area (Å²) >= 11 is 6.08. The van der Waals surface area contributed by atoms with Gasteiger partial charge in [-0.25, -0.2) is 9.97 Å². The van der Waals surface area contributed by atoms with E-state index >= 15 is 0 Å². The zero-order valence-electron chi connectivity index (χ0n) is 18.1. The molecule has 2 aromatic carbocycles. The fraction of sp³-hybridized carbons (Fsp3) is 0.240. The number of rotatable bonds is 4. The Hall–Kier alpha value is -3.38. The van der Waals surface area contributed by atoms with Crippen molar-refractivity contribution in [3.8, 4) is 5.69 Å². The van der Waals surface area contributed by atoms with E-state index < -0.39 is 0 Å². The molecule has 0 radical (unpaired) electrons. The Bertz CT molecular complexity index is 1310. The SMILES string of the molecule is Cc1c(C)n(-c2ccccc2)c2nc(C(=O)Nc3cccc(Cl)c3)nc(N3CCCC3)c12. The zero-order chi connectivity index (χ0) is 22.2. The number of fused-ring (bicyclic) bond motifs is 1. The summed E-state index contributed by atoms with van der Waals surface area (Å²) in [4.78, 5) is 25.0. The van der Waals surface area contributed by atoms with Crippen LogP contribution < -0.4 is 10.2 Å². The molecule has 5 rings (SSSR count). The highest BCUT2D eigenvalue weighted by Gasteiger charge is 2.26. The molecule has 3 heterocycles. The lowest BCUT2D eigenvalue weighted by molar-refractivity contribution is 0.101. The Morgan fingerprint density at radius 3 is 2.47 bits per heavy atom. The number of para-hydroxylation sites is 1. The van der Waals surface area contributed by atoms with Crippen LogP contribution in [0.15, 0.2) is 54.6 Å². The smallest absolute Gasteiger partial charge is 0.293 e. The minimum atomic E-state index is -0.356. The summed E-state index contributed by atoms with van der Waals surface area (Å²) in [6.07, 6.45) is 2.24. The Kier molecular flexibility index (Phi) is 5.31. The molecule has 1 aliphatic rings. The van der Waals surface area contributed by atoms with Gasteiger partial charge in [0.2, 0.25) is 5.82 Å². The maximum Gasteiger partial charge on any atom is 0.293 e. The maximum absolute atomic E-state index is 13.2. The Balaban J connectivity index is 1.69. The van der Waals surface area contributed by atoms with Gasteiger partial charge < -0.3 is 10.2 Å². The van der Waals surface area contributed by atoms with Crippen molar-refractivity contribution in [1.29, 1.82) is 0 Å². The van der Waals surface area contributed by atoms with Gasteiger partial charge in [0.25, 0.3) is 5.91 Å². The fourth-order valence-corrected chi connectivity index (χ4v) is 4.54. The molecular weight excluding hydrogens is 422 g/mol. The summed E-state index contributed by atoms with van der Waals surface area (Å²) in [6, 6.07) is 17.2. The zero-order valence-corrected chi connectivity index (χ0v) is 18.9. The van der Waals surface area contributed by atoms with Crippen molar-refractivity contribution in [2.75, 3.05) is 23.3 Å². The normalized spacial score (nSPS) is 13.7. The van der Waals surface area contributed by atoms with Gasteiger partial charge in [0.1, 0.15) is 5.82 Å². The number of carbonyl (C=O) groups is 1. The van der Waals surface area contributed by atoms with Crippen molar-refractivity contribution < 1.29 is 4.79 Å². The lowest BCUT2D eigenvalue weighted by Crippen LogP contribution is -2.23. The summed E-state index contributed by atoms with van der Waals surface area (Å²) in [7, 11) is 0. The molecule has 1 amide bonds. The largest absolute Gasteiger partial charge is 0.356 e. The highest BCUT2D eigenvalue weighted by Crippen LogP contribution is 2.35. The van der Waals surface area contributed by atoms with Crippen LogP contribution in [0.4, 0.5) is 11.5 Å². The van der Waals surface area contributed by atoms with Crippen LogP contribution in [0.25, 0.3) is 16.7 Å². The lowest BCUT2D eigenvalue weighted by Gasteiger charge is -2.19. The predicted octanol–water partition coefficient (Wildman–Crippen LogP) is 5.54. The van der Waals surface area contributed by atoms with Crippen molar-refractivity contribution in [2.45, 2.75) is 26.7 Å². The first kappa shape index (κ1) is 20.5. The van der Waals surface area contributed by atoms with E-state index in [1.165, 1.54) is 0 Å². The maximum atomic E-state index is 13.2. The summed E-state index contributed by atoms with van der Waals surface area (Å²) < 4.78 is 2.11. The van der Waals surface area contributed by atoms with Crippen LogP contribution >= 0.6 is 11.6 Å². The van der Waals surface area contributed by atoms with Crippen molar-refractivity contribution in [1.82, 2.24) is 14.5 Å². The third kappa shape index (κ3) is 3.60. The van der Waals surface area contributed by atoms with Gasteiger partial charge in [-0.15, -0.1) is 0 Å². The van der Waals surface area contributed by atoms with Crippen molar-refractivity contribution in [3.05, 3.63) is 76.7 Å². The molecule has 2 aromatic heterocycles. The van der Waals surface area contributed by atoms with Gasteiger partial charge in [-0.2, -0.15) is 0 Å². The quantitative estimate of drug-likeness (QED) is 0.447. The molecule has 162 valence electrons. The first-order valence-corrected chi connectivity index (χ1v) is 11.2. The Morgan fingerprint density at radius 2 is 1.75 bits per heavy atom. The standard InChI is InChI=1S/C25H24ClN5O/c1-16-17(2)31(20-11-4-3-5-12-20)24-21(16)23(30-13-6-7-14-30)28-22(29-24)25(32)27-19-10-8-9-18(26)15-19/h3-5,8-12,15H,6-7,13-14H2,1-2H3,(H,27,32). The number of aromatic nitrogens is 3. The van der Waals surface area contributed by atoms with Gasteiger partial charge in [0.15, 0.2) is 5.65 Å². The fourth-order valence-electron chi connectivity index (χ4n) is 4.35. The van der Waals surface area contributed by atoms with E-state index in [1.54, 1.807) is 24.3 Å². The Labute approximate surface area is 191 Å². The minimum Gasteiger partial charge on any atom is -0.356 e. The van der Waals surface area contributed by atoms with E-state index in [9.17, 15) is 4.79 Å². The second-order valence-electron chi connectivity index (χ2n) is 8.11. The van der Waals surface area contributed by atoms with Crippen LogP contribution in [0.3, 0.4) is 0 Å². The molecule has 1 aliphatic heterocycles. The van der Waals surface area contributed by atoms with Crippen molar-refractivity contribution in [2.24, 2.45) is 0 Å². The molecule has 6 nitrogen and oxygen atoms in total. The van der Waals surface area contributed by atoms with E-state index in [-0.39, 0.29) is 11.7 Å². The second kappa shape index (κ2) is 8.28. The summed E-state index contributed by atoms with van der Waals surface area (Å²) in [5.74, 6) is 0.624. The van der Waals surface area contributed by atoms with E-state index in [1.807, 2.05) is 18.2 Å². The molecule has 0 bridgehead atoms. The molecule has 7 heteroatoms. The van der Waals surface area contributed by atoms with E-state index in [0.29, 0.717) is 10.7 Å². The molecule has 1 N–H and O–H groups in total. The van der Waals surface area contributed by atoms with Gasteiger partial charge in [-0.3, -0.25) is 9.36 Å². The first-order chi connectivity index (χ1) is 15.5. The molecule has 32 heavy (non-hydrogen) atoms. The predicted molar refractivity (Wildman–Crippen MR) is 129 cm³/mol. The highest BCUT2D eigenvalue weighted by atomic mass is 35.5. The molecule has 0 aliphatic carbocycles. The number of benzene rings is 2. The van der Waals surface area contributed by atoms with Crippen molar-refractivity contribution in [3.63, 3.8) is 0 Å². The van der Waals surface area contributed by atoms with E-state index in [2.05, 4.69) is 40.8 Å². The van der Waals surface area contributed by atoms with Crippen LogP contribution in [0.1, 0.15) is 34.7 Å². The molecule has 1 saturated heterocycles. The number of hydrogen-bond donors (Lipinski definition) is 1. The molecular formula is C25H24ClN5O. The van der Waals surface area contributed by atoms with Crippen LogP contribution in [-0.4, -0.2) is 33.5 Å². The third-order valence-corrected chi connectivity index (χ3v) is 6.28. The number of carbonyl (C=O) groups excluding carboxylic acids is 1. The average molecular weight is 446 g/mol. The second-order valence-corrected chi connectivity index (χ2v) is 8.55. The van der Waals surface area contributed by atoms with E-state index in [4.69, 9.17) is 21.6 Å². The van der Waals surface area contributed by atoms with Gasteiger partial charge in [0, 0.05) is 35.2 Å². The number of halogens is 1. The van der Waals surface area contributed by atoms with Gasteiger partial charge in [0.05, 0.1) is 5.39 Å². The van der Waals surface area contributed by atoms with Crippen molar-refractivity contribution >= 4 is 40.0 Å². The highest BCUT2D eigenvalue weighted by molar-refractivity contribution is 6.31. The first-order valence-electron chi connectivity index (χ1n) is 10.8. The monoisotopic (exact) mass is 445 g/mol. The number of amides is 1. The number of nitrogens with one attached hydrogen (secondary N) is 1. The van der Waals surface area contributed by atoms with Crippen LogP contribution in [0.5, 0.6) is 0 Å². The summed E-state index contributed by atoms with van der Waals surface area (Å²) in [6.45, 7) is 6.04. The van der Waals surface area contributed by atoms with Crippen LogP contribution in [0.2, 0.25) is 5.02 Å². The topological polar surface area (TPSA) is 63.1 Å². The molecule has 1 fully saturated rings. The number of nitrogens with zero attached hydrogens (tertiary/aromatic N) is 4. The molecule has 0 unspecified atom stereocenters. The number of aryl methyl sites for hydroxylation is 1. The van der Waals surface area contributed by atoms with Gasteiger partial charge in [-0.1, -0.05) is 35.9 Å². The number of hydrogen-bond acceptors (Lipinski definition) is 4. The van der Waals surface area contributed by atoms with Gasteiger partial charge in [-0.05, 0) is 62.6 Å². The molecule has 0 atom stereocenters. The Morgan fingerprint density at radius 1 is 1.00 bits per heavy atom. The summed E-state index contributed by atoms with van der Waals surface area (Å²) in [5, 5.41) is 4.45. The molecule has 0 spiro atoms. The molecule has 4 aromatic rings. The van der Waals surface area contributed by atoms with Gasteiger partial charge >= 0.3 is 0 Å². The minimum absolute atomic E-state index is 0.147. The number of anilines is 2. The third-order valence-electron chi connectivity index (χ3n) is 6.04. The molecule has 0 saturated carbocycles. The lowest BCUT2D eigenvalue weighted by atomic mass is 10.2. The van der Waals surface area contributed by atoms with Crippen LogP contribution in [-0.2, 0) is 0 Å². The summed E-state index contributed by atoms with van der Waals surface area (Å²) in [5.41, 5.74) is 4.59. The van der Waals surface area contributed by atoms with E-state index in [0.717, 1.165) is 59.7 Å².